The molecular formula is C15H28N4. The second-order valence-electron chi connectivity index (χ2n) is 5.61. The van der Waals surface area contributed by atoms with Crippen LogP contribution in [0, 0.1) is 5.92 Å². The van der Waals surface area contributed by atoms with Gasteiger partial charge in [-0.05, 0) is 32.5 Å². The largest absolute Gasteiger partial charge is 0.381 e. The van der Waals surface area contributed by atoms with E-state index in [4.69, 9.17) is 0 Å². The van der Waals surface area contributed by atoms with Gasteiger partial charge in [-0.2, -0.15) is 0 Å². The summed E-state index contributed by atoms with van der Waals surface area (Å²) in [6.45, 7) is 8.64. The van der Waals surface area contributed by atoms with E-state index >= 15 is 0 Å². The van der Waals surface area contributed by atoms with Crippen LogP contribution in [-0.2, 0) is 0 Å². The Morgan fingerprint density at radius 3 is 2.63 bits per heavy atom. The fourth-order valence-electron chi connectivity index (χ4n) is 1.90. The zero-order chi connectivity index (χ0) is 14.3. The molecule has 0 aliphatic carbocycles. The molecule has 0 aromatic carbocycles. The Kier molecular flexibility index (Phi) is 6.64. The number of hydrogen-bond donors (Lipinski definition) is 2. The molecule has 0 radical (unpaired) electrons. The van der Waals surface area contributed by atoms with Crippen LogP contribution in [0.25, 0.3) is 0 Å². The van der Waals surface area contributed by atoms with E-state index in [1.807, 2.05) is 12.3 Å². The first-order valence-electron chi connectivity index (χ1n) is 7.14. The predicted octanol–water partition coefficient (Wildman–Crippen LogP) is 2.90. The van der Waals surface area contributed by atoms with Gasteiger partial charge >= 0.3 is 0 Å². The van der Waals surface area contributed by atoms with Crippen molar-refractivity contribution in [3.05, 3.63) is 18.3 Å². The van der Waals surface area contributed by atoms with E-state index in [9.17, 15) is 0 Å². The molecule has 0 bridgehead atoms. The molecule has 0 fully saturated rings. The molecule has 0 spiro atoms. The molecule has 1 aromatic rings. The van der Waals surface area contributed by atoms with E-state index < -0.39 is 0 Å². The first-order chi connectivity index (χ1) is 9.02. The average Bonchev–Trinajstić information content (AvgIpc) is 2.35. The summed E-state index contributed by atoms with van der Waals surface area (Å²) in [6, 6.07) is 4.56. The van der Waals surface area contributed by atoms with Crippen molar-refractivity contribution in [3.8, 4) is 0 Å². The Hall–Kier alpha value is -1.29. The van der Waals surface area contributed by atoms with Crippen molar-refractivity contribution < 1.29 is 0 Å². The molecule has 1 atom stereocenters. The normalized spacial score (nSPS) is 12.8. The van der Waals surface area contributed by atoms with Crippen molar-refractivity contribution in [2.45, 2.75) is 33.2 Å². The lowest BCUT2D eigenvalue weighted by atomic mass is 10.0. The first-order valence-corrected chi connectivity index (χ1v) is 7.14. The van der Waals surface area contributed by atoms with Gasteiger partial charge in [0.2, 0.25) is 0 Å². The summed E-state index contributed by atoms with van der Waals surface area (Å²) in [6.07, 6.45) is 2.96. The predicted molar refractivity (Wildman–Crippen MR) is 83.8 cm³/mol. The molecule has 4 nitrogen and oxygen atoms in total. The van der Waals surface area contributed by atoms with Crippen molar-refractivity contribution in [1.82, 2.24) is 9.88 Å². The van der Waals surface area contributed by atoms with Crippen LogP contribution in [0.5, 0.6) is 0 Å². The number of nitrogens with one attached hydrogen (secondary N) is 2. The molecule has 1 unspecified atom stereocenters. The highest BCUT2D eigenvalue weighted by atomic mass is 15.1. The van der Waals surface area contributed by atoms with Crippen molar-refractivity contribution in [2.75, 3.05) is 37.8 Å². The first kappa shape index (κ1) is 15.8. The Morgan fingerprint density at radius 2 is 2.05 bits per heavy atom. The van der Waals surface area contributed by atoms with Crippen molar-refractivity contribution in [3.63, 3.8) is 0 Å². The van der Waals surface area contributed by atoms with Crippen LogP contribution in [0.4, 0.5) is 11.5 Å². The smallest absolute Gasteiger partial charge is 0.127 e. The van der Waals surface area contributed by atoms with E-state index in [1.165, 1.54) is 0 Å². The summed E-state index contributed by atoms with van der Waals surface area (Å²) in [5.41, 5.74) is 1.13. The molecule has 2 N–H and O–H groups in total. The van der Waals surface area contributed by atoms with Crippen LogP contribution in [0.3, 0.4) is 0 Å². The van der Waals surface area contributed by atoms with Gasteiger partial charge in [-0.15, -0.1) is 0 Å². The van der Waals surface area contributed by atoms with Gasteiger partial charge in [-0.25, -0.2) is 4.98 Å². The van der Waals surface area contributed by atoms with Gasteiger partial charge in [0, 0.05) is 37.1 Å². The molecular weight excluding hydrogens is 236 g/mol. The van der Waals surface area contributed by atoms with Gasteiger partial charge in [-0.3, -0.25) is 0 Å². The maximum Gasteiger partial charge on any atom is 0.127 e. The lowest BCUT2D eigenvalue weighted by Crippen LogP contribution is -2.36. The standard InChI is InChI=1S/C15H28N4/c1-6-8-16-15-10-13(7-9-17-15)18-14(12(2)3)11-19(4)5/h7,9-10,12,14H,6,8,11H2,1-5H3,(H2,16,17,18). The van der Waals surface area contributed by atoms with Gasteiger partial charge in [0.1, 0.15) is 5.82 Å². The monoisotopic (exact) mass is 264 g/mol. The van der Waals surface area contributed by atoms with Gasteiger partial charge in [-0.1, -0.05) is 20.8 Å². The van der Waals surface area contributed by atoms with E-state index in [-0.39, 0.29) is 0 Å². The molecule has 4 heteroatoms. The molecule has 1 heterocycles. The summed E-state index contributed by atoms with van der Waals surface area (Å²) in [5, 5.41) is 6.92. The lowest BCUT2D eigenvalue weighted by molar-refractivity contribution is 0.344. The van der Waals surface area contributed by atoms with E-state index in [0.717, 1.165) is 31.0 Å². The Balaban J connectivity index is 2.67. The highest BCUT2D eigenvalue weighted by Gasteiger charge is 2.14. The van der Waals surface area contributed by atoms with Gasteiger partial charge in [0.15, 0.2) is 0 Å². The quantitative estimate of drug-likeness (QED) is 0.757. The minimum Gasteiger partial charge on any atom is -0.381 e. The number of hydrogen-bond acceptors (Lipinski definition) is 4. The number of likely N-dealkylation sites (N-methyl/N-ethyl adjacent to an activating group) is 1. The third kappa shape index (κ3) is 5.92. The summed E-state index contributed by atoms with van der Waals surface area (Å²) >= 11 is 0. The van der Waals surface area contributed by atoms with Crippen LogP contribution >= 0.6 is 0 Å². The fourth-order valence-corrected chi connectivity index (χ4v) is 1.90. The highest BCUT2D eigenvalue weighted by Crippen LogP contribution is 2.16. The second kappa shape index (κ2) is 8.00. The van der Waals surface area contributed by atoms with Crippen LogP contribution in [-0.4, -0.2) is 43.1 Å². The van der Waals surface area contributed by atoms with Crippen LogP contribution < -0.4 is 10.6 Å². The summed E-state index contributed by atoms with van der Waals surface area (Å²) in [5.74, 6) is 1.53. The van der Waals surface area contributed by atoms with Gasteiger partial charge < -0.3 is 15.5 Å². The number of nitrogens with zero attached hydrogens (tertiary/aromatic N) is 2. The molecule has 0 aliphatic heterocycles. The third-order valence-electron chi connectivity index (χ3n) is 3.03. The number of anilines is 2. The molecule has 0 saturated heterocycles. The zero-order valence-corrected chi connectivity index (χ0v) is 12.9. The van der Waals surface area contributed by atoms with Gasteiger partial charge in [0.05, 0.1) is 0 Å². The zero-order valence-electron chi connectivity index (χ0n) is 12.9. The maximum atomic E-state index is 4.33. The Morgan fingerprint density at radius 1 is 1.32 bits per heavy atom. The summed E-state index contributed by atoms with van der Waals surface area (Å²) < 4.78 is 0. The third-order valence-corrected chi connectivity index (χ3v) is 3.03. The van der Waals surface area contributed by atoms with Gasteiger partial charge in [0.25, 0.3) is 0 Å². The molecule has 0 saturated carbocycles. The topological polar surface area (TPSA) is 40.2 Å². The number of rotatable bonds is 8. The van der Waals surface area contributed by atoms with E-state index in [2.05, 4.69) is 61.5 Å². The Labute approximate surface area is 117 Å². The number of pyridine rings is 1. The molecule has 19 heavy (non-hydrogen) atoms. The summed E-state index contributed by atoms with van der Waals surface area (Å²) in [4.78, 5) is 6.55. The van der Waals surface area contributed by atoms with Crippen molar-refractivity contribution in [2.24, 2.45) is 5.92 Å². The molecule has 1 aromatic heterocycles. The number of aromatic nitrogens is 1. The SMILES string of the molecule is CCCNc1cc(NC(CN(C)C)C(C)C)ccn1. The van der Waals surface area contributed by atoms with Crippen LogP contribution in [0.2, 0.25) is 0 Å². The molecule has 0 amide bonds. The van der Waals surface area contributed by atoms with Crippen LogP contribution in [0.1, 0.15) is 27.2 Å². The second-order valence-corrected chi connectivity index (χ2v) is 5.61. The van der Waals surface area contributed by atoms with Crippen molar-refractivity contribution in [1.29, 1.82) is 0 Å². The minimum atomic E-state index is 0.441. The highest BCUT2D eigenvalue weighted by molar-refractivity contribution is 5.52. The van der Waals surface area contributed by atoms with Crippen LogP contribution in [0.15, 0.2) is 18.3 Å². The van der Waals surface area contributed by atoms with Crippen molar-refractivity contribution >= 4 is 11.5 Å². The maximum absolute atomic E-state index is 4.33. The average molecular weight is 264 g/mol. The van der Waals surface area contributed by atoms with E-state index in [1.54, 1.807) is 0 Å². The Bertz CT molecular complexity index is 363. The fraction of sp³-hybridized carbons (Fsp3) is 0.667. The molecule has 1 rings (SSSR count). The summed E-state index contributed by atoms with van der Waals surface area (Å²) in [7, 11) is 4.22. The minimum absolute atomic E-state index is 0.441. The molecule has 108 valence electrons. The molecule has 0 aliphatic rings. The lowest BCUT2D eigenvalue weighted by Gasteiger charge is -2.26. The van der Waals surface area contributed by atoms with E-state index in [0.29, 0.717) is 12.0 Å².